The van der Waals surface area contributed by atoms with E-state index in [0.29, 0.717) is 13.0 Å². The second-order valence-electron chi connectivity index (χ2n) is 8.05. The first kappa shape index (κ1) is 21.0. The zero-order valence-electron chi connectivity index (χ0n) is 14.8. The summed E-state index contributed by atoms with van der Waals surface area (Å²) < 4.78 is 26.7. The summed E-state index contributed by atoms with van der Waals surface area (Å²) in [6.45, 7) is 5.45. The van der Waals surface area contributed by atoms with Gasteiger partial charge in [-0.15, -0.1) is 24.0 Å². The lowest BCUT2D eigenvalue weighted by Gasteiger charge is -2.41. The third-order valence-electron chi connectivity index (χ3n) is 6.03. The topological polar surface area (TPSA) is 43.7 Å². The predicted molar refractivity (Wildman–Crippen MR) is 104 cm³/mol. The van der Waals surface area contributed by atoms with Crippen LogP contribution in [0.15, 0.2) is 18.2 Å². The van der Waals surface area contributed by atoms with Crippen molar-refractivity contribution in [3.8, 4) is 0 Å². The number of hydrogen-bond acceptors (Lipinski definition) is 3. The fourth-order valence-corrected chi connectivity index (χ4v) is 4.32. The first-order chi connectivity index (χ1) is 11.2. The van der Waals surface area contributed by atoms with Crippen LogP contribution in [0.4, 0.5) is 8.78 Å². The monoisotopic (exact) mass is 467 g/mol. The minimum Gasteiger partial charge on any atom is -0.392 e. The van der Waals surface area contributed by atoms with Crippen molar-refractivity contribution in [1.29, 1.82) is 0 Å². The first-order valence-corrected chi connectivity index (χ1v) is 8.82. The molecular formula is C19H28F2INO2. The molecule has 0 spiro atoms. The molecule has 1 heterocycles. The van der Waals surface area contributed by atoms with Crippen LogP contribution in [0.5, 0.6) is 0 Å². The lowest BCUT2D eigenvalue weighted by molar-refractivity contribution is -0.0755. The molecule has 1 aliphatic carbocycles. The van der Waals surface area contributed by atoms with Crippen molar-refractivity contribution in [3.05, 3.63) is 35.4 Å². The molecule has 1 aromatic rings. The van der Waals surface area contributed by atoms with Crippen LogP contribution < -0.4 is 0 Å². The summed E-state index contributed by atoms with van der Waals surface area (Å²) in [5.74, 6) is -1.55. The minimum absolute atomic E-state index is 0. The van der Waals surface area contributed by atoms with Gasteiger partial charge in [-0.25, -0.2) is 8.78 Å². The SMILES string of the molecule is CC1(C)C(c2ccc(F)c(F)c2)CCN1CC(O)CC1(O)CCC1.I. The Morgan fingerprint density at radius 2 is 1.92 bits per heavy atom. The van der Waals surface area contributed by atoms with Crippen LogP contribution in [0.2, 0.25) is 0 Å². The molecule has 3 nitrogen and oxygen atoms in total. The molecule has 1 aromatic carbocycles. The molecular weight excluding hydrogens is 439 g/mol. The van der Waals surface area contributed by atoms with E-state index in [-0.39, 0.29) is 35.4 Å². The maximum Gasteiger partial charge on any atom is 0.159 e. The van der Waals surface area contributed by atoms with Crippen LogP contribution in [0.3, 0.4) is 0 Å². The van der Waals surface area contributed by atoms with Gasteiger partial charge in [0.15, 0.2) is 11.6 Å². The van der Waals surface area contributed by atoms with Gasteiger partial charge in [0, 0.05) is 24.4 Å². The van der Waals surface area contributed by atoms with Crippen molar-refractivity contribution in [2.75, 3.05) is 13.1 Å². The van der Waals surface area contributed by atoms with Gasteiger partial charge in [0.25, 0.3) is 0 Å². The van der Waals surface area contributed by atoms with E-state index in [2.05, 4.69) is 18.7 Å². The van der Waals surface area contributed by atoms with Gasteiger partial charge in [-0.1, -0.05) is 6.07 Å². The number of nitrogens with zero attached hydrogens (tertiary/aromatic N) is 1. The number of β-amino-alcohol motifs (C(OH)–C–C–N with tert-alkyl or cyclic N) is 1. The smallest absolute Gasteiger partial charge is 0.159 e. The van der Waals surface area contributed by atoms with Crippen molar-refractivity contribution < 1.29 is 19.0 Å². The summed E-state index contributed by atoms with van der Waals surface area (Å²) >= 11 is 0. The highest BCUT2D eigenvalue weighted by Crippen LogP contribution is 2.43. The number of benzene rings is 1. The van der Waals surface area contributed by atoms with Gasteiger partial charge in [-0.2, -0.15) is 0 Å². The van der Waals surface area contributed by atoms with Gasteiger partial charge >= 0.3 is 0 Å². The van der Waals surface area contributed by atoms with E-state index in [0.717, 1.165) is 37.8 Å². The van der Waals surface area contributed by atoms with Crippen molar-refractivity contribution in [2.24, 2.45) is 0 Å². The molecule has 3 rings (SSSR count). The summed E-state index contributed by atoms with van der Waals surface area (Å²) in [6, 6.07) is 4.13. The molecule has 2 atom stereocenters. The van der Waals surface area contributed by atoms with Crippen molar-refractivity contribution in [1.82, 2.24) is 4.90 Å². The first-order valence-electron chi connectivity index (χ1n) is 8.82. The summed E-state index contributed by atoms with van der Waals surface area (Å²) in [5.41, 5.74) is -0.149. The van der Waals surface area contributed by atoms with Crippen molar-refractivity contribution in [3.63, 3.8) is 0 Å². The number of rotatable bonds is 5. The Morgan fingerprint density at radius 3 is 2.48 bits per heavy atom. The Morgan fingerprint density at radius 1 is 1.24 bits per heavy atom. The highest BCUT2D eigenvalue weighted by atomic mass is 127. The lowest BCUT2D eigenvalue weighted by Crippen LogP contribution is -2.48. The van der Waals surface area contributed by atoms with E-state index >= 15 is 0 Å². The fraction of sp³-hybridized carbons (Fsp3) is 0.684. The van der Waals surface area contributed by atoms with Gasteiger partial charge in [-0.05, 0) is 63.8 Å². The van der Waals surface area contributed by atoms with E-state index in [1.807, 2.05) is 0 Å². The van der Waals surface area contributed by atoms with E-state index in [9.17, 15) is 19.0 Å². The van der Waals surface area contributed by atoms with Gasteiger partial charge in [0.05, 0.1) is 11.7 Å². The Bertz CT molecular complexity index is 607. The second-order valence-corrected chi connectivity index (χ2v) is 8.05. The lowest BCUT2D eigenvalue weighted by atomic mass is 9.76. The molecule has 142 valence electrons. The third-order valence-corrected chi connectivity index (χ3v) is 6.03. The highest BCUT2D eigenvalue weighted by Gasteiger charge is 2.44. The van der Waals surface area contributed by atoms with E-state index in [1.54, 1.807) is 6.07 Å². The van der Waals surface area contributed by atoms with Crippen LogP contribution in [-0.2, 0) is 0 Å². The standard InChI is InChI=1S/C19H27F2NO2.HI/c1-18(2)15(13-4-5-16(20)17(21)10-13)6-9-22(18)12-14(23)11-19(24)7-3-8-19;/h4-5,10,14-15,23-24H,3,6-9,11-12H2,1-2H3;1H. The quantitative estimate of drug-likeness (QED) is 0.648. The zero-order chi connectivity index (χ0) is 17.5. The van der Waals surface area contributed by atoms with Crippen LogP contribution in [-0.4, -0.2) is 45.4 Å². The van der Waals surface area contributed by atoms with Crippen LogP contribution in [0, 0.1) is 11.6 Å². The summed E-state index contributed by atoms with van der Waals surface area (Å²) in [5, 5.41) is 20.6. The van der Waals surface area contributed by atoms with Crippen LogP contribution >= 0.6 is 24.0 Å². The molecule has 2 aliphatic rings. The van der Waals surface area contributed by atoms with Crippen molar-refractivity contribution >= 4 is 24.0 Å². The molecule has 1 saturated carbocycles. The predicted octanol–water partition coefficient (Wildman–Crippen LogP) is 3.82. The highest BCUT2D eigenvalue weighted by molar-refractivity contribution is 14.0. The Labute approximate surface area is 165 Å². The molecule has 2 N–H and O–H groups in total. The van der Waals surface area contributed by atoms with Gasteiger partial charge in [0.1, 0.15) is 0 Å². The fourth-order valence-electron chi connectivity index (χ4n) is 4.32. The van der Waals surface area contributed by atoms with Gasteiger partial charge in [0.2, 0.25) is 0 Å². The summed E-state index contributed by atoms with van der Waals surface area (Å²) in [7, 11) is 0. The molecule has 0 bridgehead atoms. The molecule has 25 heavy (non-hydrogen) atoms. The molecule has 0 aromatic heterocycles. The van der Waals surface area contributed by atoms with Crippen LogP contribution in [0.25, 0.3) is 0 Å². The van der Waals surface area contributed by atoms with Crippen molar-refractivity contribution in [2.45, 2.75) is 69.1 Å². The normalized spacial score (nSPS) is 25.9. The van der Waals surface area contributed by atoms with E-state index in [4.69, 9.17) is 0 Å². The van der Waals surface area contributed by atoms with Crippen LogP contribution in [0.1, 0.15) is 57.4 Å². The Balaban J connectivity index is 0.00000225. The number of hydrogen-bond donors (Lipinski definition) is 2. The zero-order valence-corrected chi connectivity index (χ0v) is 17.2. The molecule has 0 amide bonds. The van der Waals surface area contributed by atoms with E-state index < -0.39 is 23.3 Å². The minimum atomic E-state index is -0.824. The average molecular weight is 467 g/mol. The van der Waals surface area contributed by atoms with Gasteiger partial charge < -0.3 is 10.2 Å². The maximum atomic E-state index is 13.6. The number of aliphatic hydroxyl groups is 2. The van der Waals surface area contributed by atoms with E-state index in [1.165, 1.54) is 12.1 Å². The summed E-state index contributed by atoms with van der Waals surface area (Å²) in [4.78, 5) is 2.20. The number of halogens is 3. The Hall–Kier alpha value is -0.310. The molecule has 1 aliphatic heterocycles. The maximum absolute atomic E-state index is 13.6. The Kier molecular flexibility index (Phi) is 6.50. The number of likely N-dealkylation sites (tertiary alicyclic amines) is 1. The summed E-state index contributed by atoms with van der Waals surface area (Å²) in [6.07, 6.45) is 3.25. The van der Waals surface area contributed by atoms with Gasteiger partial charge in [-0.3, -0.25) is 4.90 Å². The number of aliphatic hydroxyl groups excluding tert-OH is 1. The third kappa shape index (κ3) is 4.34. The second kappa shape index (κ2) is 7.74. The largest absolute Gasteiger partial charge is 0.392 e. The molecule has 2 unspecified atom stereocenters. The average Bonchev–Trinajstić information content (AvgIpc) is 2.75. The molecule has 1 saturated heterocycles. The molecule has 2 fully saturated rings. The molecule has 0 radical (unpaired) electrons. The molecule has 6 heteroatoms.